The smallest absolute Gasteiger partial charge is 0.225 e. The normalized spacial score (nSPS) is 16.4. The molecule has 0 atom stereocenters. The molecule has 1 aromatic heterocycles. The molecule has 1 aliphatic rings. The number of hydrogen-bond acceptors (Lipinski definition) is 4. The molecule has 1 N–H and O–H groups in total. The predicted octanol–water partition coefficient (Wildman–Crippen LogP) is 2.87. The van der Waals surface area contributed by atoms with Crippen LogP contribution in [0.2, 0.25) is 0 Å². The molecule has 0 radical (unpaired) electrons. The molecule has 1 fully saturated rings. The lowest BCUT2D eigenvalue weighted by atomic mass is 10.1. The van der Waals surface area contributed by atoms with Gasteiger partial charge in [-0.15, -0.1) is 0 Å². The highest BCUT2D eigenvalue weighted by Crippen LogP contribution is 2.27. The van der Waals surface area contributed by atoms with Gasteiger partial charge in [-0.25, -0.2) is 9.97 Å². The van der Waals surface area contributed by atoms with Crippen molar-refractivity contribution in [1.29, 1.82) is 0 Å². The largest absolute Gasteiger partial charge is 0.393 e. The minimum Gasteiger partial charge on any atom is -0.393 e. The highest BCUT2D eigenvalue weighted by molar-refractivity contribution is 9.10. The van der Waals surface area contributed by atoms with Crippen LogP contribution in [0.3, 0.4) is 0 Å². The van der Waals surface area contributed by atoms with Crippen molar-refractivity contribution in [3.8, 4) is 11.1 Å². The molecular weight excluding hydrogens is 318 g/mol. The van der Waals surface area contributed by atoms with Gasteiger partial charge in [0.2, 0.25) is 5.95 Å². The molecule has 5 heteroatoms. The van der Waals surface area contributed by atoms with E-state index in [1.54, 1.807) is 0 Å². The zero-order valence-corrected chi connectivity index (χ0v) is 12.6. The van der Waals surface area contributed by atoms with Gasteiger partial charge in [0.15, 0.2) is 0 Å². The van der Waals surface area contributed by atoms with Crippen molar-refractivity contribution in [3.05, 3.63) is 41.1 Å². The lowest BCUT2D eigenvalue weighted by molar-refractivity contribution is 0.145. The Kier molecular flexibility index (Phi) is 3.98. The SMILES string of the molecule is OC1CCN(c2ncc(-c3ccccc3Br)cn2)CC1. The van der Waals surface area contributed by atoms with Crippen molar-refractivity contribution in [2.24, 2.45) is 0 Å². The Labute approximate surface area is 126 Å². The summed E-state index contributed by atoms with van der Waals surface area (Å²) in [6.45, 7) is 1.63. The van der Waals surface area contributed by atoms with Crippen LogP contribution in [0, 0.1) is 0 Å². The summed E-state index contributed by atoms with van der Waals surface area (Å²) in [6, 6.07) is 8.04. The van der Waals surface area contributed by atoms with Gasteiger partial charge < -0.3 is 10.0 Å². The third kappa shape index (κ3) is 2.83. The fraction of sp³-hybridized carbons (Fsp3) is 0.333. The van der Waals surface area contributed by atoms with Crippen molar-refractivity contribution in [1.82, 2.24) is 9.97 Å². The van der Waals surface area contributed by atoms with Gasteiger partial charge >= 0.3 is 0 Å². The highest BCUT2D eigenvalue weighted by atomic mass is 79.9. The van der Waals surface area contributed by atoms with Gasteiger partial charge in [0.05, 0.1) is 6.10 Å². The summed E-state index contributed by atoms with van der Waals surface area (Å²) in [4.78, 5) is 11.0. The number of benzene rings is 1. The van der Waals surface area contributed by atoms with Gasteiger partial charge in [0.1, 0.15) is 0 Å². The van der Waals surface area contributed by atoms with E-state index in [9.17, 15) is 5.11 Å². The number of aromatic nitrogens is 2. The predicted molar refractivity (Wildman–Crippen MR) is 82.6 cm³/mol. The summed E-state index contributed by atoms with van der Waals surface area (Å²) < 4.78 is 1.04. The molecule has 0 aliphatic carbocycles. The molecular formula is C15H16BrN3O. The van der Waals surface area contributed by atoms with Gasteiger partial charge in [-0.2, -0.15) is 0 Å². The van der Waals surface area contributed by atoms with Crippen molar-refractivity contribution in [2.75, 3.05) is 18.0 Å². The van der Waals surface area contributed by atoms with Crippen LogP contribution in [-0.4, -0.2) is 34.3 Å². The Bertz CT molecular complexity index is 580. The first kappa shape index (κ1) is 13.5. The van der Waals surface area contributed by atoms with E-state index < -0.39 is 0 Å². The first-order valence-corrected chi connectivity index (χ1v) is 7.53. The van der Waals surface area contributed by atoms with E-state index in [0.29, 0.717) is 0 Å². The average molecular weight is 334 g/mol. The van der Waals surface area contributed by atoms with Crippen LogP contribution in [0.25, 0.3) is 11.1 Å². The minimum absolute atomic E-state index is 0.175. The summed E-state index contributed by atoms with van der Waals surface area (Å²) >= 11 is 3.54. The molecule has 0 unspecified atom stereocenters. The maximum absolute atomic E-state index is 9.52. The lowest BCUT2D eigenvalue weighted by Gasteiger charge is -2.29. The van der Waals surface area contributed by atoms with Gasteiger partial charge in [-0.1, -0.05) is 34.1 Å². The van der Waals surface area contributed by atoms with Crippen LogP contribution in [0.15, 0.2) is 41.1 Å². The maximum atomic E-state index is 9.52. The number of hydrogen-bond donors (Lipinski definition) is 1. The molecule has 104 valence electrons. The zero-order valence-electron chi connectivity index (χ0n) is 11.0. The molecule has 2 aromatic rings. The van der Waals surface area contributed by atoms with E-state index in [1.165, 1.54) is 0 Å². The standard InChI is InChI=1S/C15H16BrN3O/c16-14-4-2-1-3-13(14)11-9-17-15(18-10-11)19-7-5-12(20)6-8-19/h1-4,9-10,12,20H,5-8H2. The Balaban J connectivity index is 1.80. The van der Waals surface area contributed by atoms with E-state index in [0.717, 1.165) is 47.5 Å². The summed E-state index contributed by atoms with van der Waals surface area (Å²) in [6.07, 6.45) is 5.11. The summed E-state index contributed by atoms with van der Waals surface area (Å²) in [5.74, 6) is 0.743. The molecule has 1 aromatic carbocycles. The number of rotatable bonds is 2. The van der Waals surface area contributed by atoms with E-state index >= 15 is 0 Å². The van der Waals surface area contributed by atoms with E-state index in [4.69, 9.17) is 0 Å². The molecule has 1 saturated heterocycles. The first-order valence-electron chi connectivity index (χ1n) is 6.74. The van der Waals surface area contributed by atoms with Crippen LogP contribution in [-0.2, 0) is 0 Å². The van der Waals surface area contributed by atoms with Crippen LogP contribution < -0.4 is 4.90 Å². The van der Waals surface area contributed by atoms with Crippen LogP contribution in [0.1, 0.15) is 12.8 Å². The number of anilines is 1. The summed E-state index contributed by atoms with van der Waals surface area (Å²) in [7, 11) is 0. The summed E-state index contributed by atoms with van der Waals surface area (Å²) in [5, 5.41) is 9.52. The number of halogens is 1. The third-order valence-electron chi connectivity index (χ3n) is 3.57. The summed E-state index contributed by atoms with van der Waals surface area (Å²) in [5.41, 5.74) is 2.09. The molecule has 0 bridgehead atoms. The number of aliphatic hydroxyl groups excluding tert-OH is 1. The second kappa shape index (κ2) is 5.89. The molecule has 1 aliphatic heterocycles. The fourth-order valence-electron chi connectivity index (χ4n) is 2.38. The molecule has 0 spiro atoms. The van der Waals surface area contributed by atoms with Crippen LogP contribution >= 0.6 is 15.9 Å². The molecule has 0 saturated carbocycles. The minimum atomic E-state index is -0.175. The maximum Gasteiger partial charge on any atom is 0.225 e. The third-order valence-corrected chi connectivity index (χ3v) is 4.26. The Morgan fingerprint density at radius 1 is 1.10 bits per heavy atom. The van der Waals surface area contributed by atoms with Crippen molar-refractivity contribution >= 4 is 21.9 Å². The van der Waals surface area contributed by atoms with Crippen LogP contribution in [0.4, 0.5) is 5.95 Å². The topological polar surface area (TPSA) is 49.2 Å². The van der Waals surface area contributed by atoms with E-state index in [1.807, 2.05) is 36.7 Å². The second-order valence-electron chi connectivity index (χ2n) is 4.97. The van der Waals surface area contributed by atoms with Crippen molar-refractivity contribution < 1.29 is 5.11 Å². The fourth-order valence-corrected chi connectivity index (χ4v) is 2.90. The molecule has 2 heterocycles. The zero-order chi connectivity index (χ0) is 13.9. The second-order valence-corrected chi connectivity index (χ2v) is 5.82. The average Bonchev–Trinajstić information content (AvgIpc) is 2.49. The molecule has 20 heavy (non-hydrogen) atoms. The Morgan fingerprint density at radius 2 is 1.75 bits per heavy atom. The highest BCUT2D eigenvalue weighted by Gasteiger charge is 2.18. The van der Waals surface area contributed by atoms with E-state index in [-0.39, 0.29) is 6.10 Å². The van der Waals surface area contributed by atoms with Crippen molar-refractivity contribution in [3.63, 3.8) is 0 Å². The van der Waals surface area contributed by atoms with Gasteiger partial charge in [-0.3, -0.25) is 0 Å². The van der Waals surface area contributed by atoms with E-state index in [2.05, 4.69) is 30.8 Å². The lowest BCUT2D eigenvalue weighted by Crippen LogP contribution is -2.36. The number of nitrogens with zero attached hydrogens (tertiary/aromatic N) is 3. The van der Waals surface area contributed by atoms with Gasteiger partial charge in [0.25, 0.3) is 0 Å². The molecule has 0 amide bonds. The van der Waals surface area contributed by atoms with Crippen LogP contribution in [0.5, 0.6) is 0 Å². The first-order chi connectivity index (χ1) is 9.74. The Morgan fingerprint density at radius 3 is 2.40 bits per heavy atom. The van der Waals surface area contributed by atoms with Gasteiger partial charge in [-0.05, 0) is 24.5 Å². The monoisotopic (exact) mass is 333 g/mol. The Hall–Kier alpha value is -1.46. The number of aliphatic hydroxyl groups is 1. The number of piperidine rings is 1. The quantitative estimate of drug-likeness (QED) is 0.918. The molecule has 4 nitrogen and oxygen atoms in total. The van der Waals surface area contributed by atoms with Crippen molar-refractivity contribution in [2.45, 2.75) is 18.9 Å². The van der Waals surface area contributed by atoms with Gasteiger partial charge in [0, 0.05) is 35.5 Å². The molecule has 3 rings (SSSR count).